The molecule has 1 aliphatic heterocycles. The van der Waals surface area contributed by atoms with Crippen LogP contribution in [0, 0.1) is 0 Å². The Morgan fingerprint density at radius 3 is 2.73 bits per heavy atom. The minimum absolute atomic E-state index is 0.0534. The van der Waals surface area contributed by atoms with Crippen molar-refractivity contribution in [3.63, 3.8) is 0 Å². The fraction of sp³-hybridized carbons (Fsp3) is 0.857. The highest BCUT2D eigenvalue weighted by Crippen LogP contribution is 2.07. The van der Waals surface area contributed by atoms with E-state index in [0.29, 0.717) is 6.54 Å². The summed E-state index contributed by atoms with van der Waals surface area (Å²) < 4.78 is 25.0. The van der Waals surface area contributed by atoms with Gasteiger partial charge in [0.25, 0.3) is 0 Å². The average Bonchev–Trinajstić information content (AvgIpc) is 2.51. The molecule has 1 heterocycles. The molecule has 7 nitrogen and oxygen atoms in total. The van der Waals surface area contributed by atoms with Crippen LogP contribution in [0.2, 0.25) is 0 Å². The molecule has 88 valence electrons. The zero-order valence-electron chi connectivity index (χ0n) is 8.14. The highest BCUT2D eigenvalue weighted by Gasteiger charge is 2.31. The Kier molecular flexibility index (Phi) is 4.03. The molecule has 0 amide bonds. The molecule has 15 heavy (non-hydrogen) atoms. The van der Waals surface area contributed by atoms with E-state index in [0.717, 1.165) is 0 Å². The first-order valence-electron chi connectivity index (χ1n) is 4.61. The lowest BCUT2D eigenvalue weighted by atomic mass is 10.2. The lowest BCUT2D eigenvalue weighted by Gasteiger charge is -2.10. The number of carbonyl (C=O) groups is 1. The van der Waals surface area contributed by atoms with Crippen molar-refractivity contribution >= 4 is 16.0 Å². The Hall–Kier alpha value is -0.700. The molecule has 8 heteroatoms. The van der Waals surface area contributed by atoms with Gasteiger partial charge in [0.05, 0.1) is 5.75 Å². The molecule has 1 aliphatic rings. The maximum absolute atomic E-state index is 11.3. The lowest BCUT2D eigenvalue weighted by Crippen LogP contribution is -2.39. The quantitative estimate of drug-likeness (QED) is 0.426. The third-order valence-corrected chi connectivity index (χ3v) is 3.63. The first-order valence-corrected chi connectivity index (χ1v) is 6.26. The Balaban J connectivity index is 2.46. The molecule has 1 rings (SSSR count). The van der Waals surface area contributed by atoms with Crippen molar-refractivity contribution in [2.24, 2.45) is 5.73 Å². The summed E-state index contributed by atoms with van der Waals surface area (Å²) in [5.41, 5.74) is 5.14. The van der Waals surface area contributed by atoms with Crippen molar-refractivity contribution in [1.82, 2.24) is 10.0 Å². The van der Waals surface area contributed by atoms with Crippen molar-refractivity contribution in [2.45, 2.75) is 18.5 Å². The lowest BCUT2D eigenvalue weighted by molar-refractivity contribution is -0.139. The van der Waals surface area contributed by atoms with Crippen LogP contribution in [0.4, 0.5) is 0 Å². The number of carboxylic acids is 1. The van der Waals surface area contributed by atoms with Crippen LogP contribution in [0.5, 0.6) is 0 Å². The van der Waals surface area contributed by atoms with Crippen LogP contribution >= 0.6 is 0 Å². The molecule has 0 bridgehead atoms. The van der Waals surface area contributed by atoms with Crippen LogP contribution in [-0.4, -0.2) is 50.4 Å². The van der Waals surface area contributed by atoms with Crippen LogP contribution in [0.1, 0.15) is 6.42 Å². The number of rotatable bonds is 5. The van der Waals surface area contributed by atoms with Gasteiger partial charge in [0.1, 0.15) is 6.04 Å². The topological polar surface area (TPSA) is 122 Å². The normalized spacial score (nSPS) is 26.7. The fourth-order valence-electron chi connectivity index (χ4n) is 1.48. The monoisotopic (exact) mass is 237 g/mol. The number of hydrogen-bond donors (Lipinski definition) is 4. The molecule has 1 unspecified atom stereocenters. The smallest absolute Gasteiger partial charge is 0.320 e. The Bertz CT molecular complexity index is 329. The predicted molar refractivity (Wildman–Crippen MR) is 53.8 cm³/mol. The van der Waals surface area contributed by atoms with Gasteiger partial charge in [-0.1, -0.05) is 0 Å². The highest BCUT2D eigenvalue weighted by molar-refractivity contribution is 7.89. The van der Waals surface area contributed by atoms with E-state index < -0.39 is 22.0 Å². The maximum atomic E-state index is 11.3. The molecule has 1 saturated heterocycles. The van der Waals surface area contributed by atoms with E-state index in [9.17, 15) is 13.2 Å². The van der Waals surface area contributed by atoms with Gasteiger partial charge >= 0.3 is 5.97 Å². The summed E-state index contributed by atoms with van der Waals surface area (Å²) in [5.74, 6) is -1.10. The number of aliphatic carboxylic acids is 1. The predicted octanol–water partition coefficient (Wildman–Crippen LogP) is -2.32. The van der Waals surface area contributed by atoms with Gasteiger partial charge < -0.3 is 16.2 Å². The van der Waals surface area contributed by atoms with Crippen molar-refractivity contribution in [2.75, 3.05) is 18.8 Å². The summed E-state index contributed by atoms with van der Waals surface area (Å²) in [4.78, 5) is 10.6. The van der Waals surface area contributed by atoms with E-state index in [1.165, 1.54) is 0 Å². The first-order chi connectivity index (χ1) is 6.94. The fourth-order valence-corrected chi connectivity index (χ4v) is 2.60. The minimum Gasteiger partial charge on any atom is -0.480 e. The summed E-state index contributed by atoms with van der Waals surface area (Å²) in [6, 6.07) is -1.03. The number of sulfonamides is 1. The first kappa shape index (κ1) is 12.4. The molecule has 0 aromatic carbocycles. The van der Waals surface area contributed by atoms with Crippen LogP contribution in [0.3, 0.4) is 0 Å². The molecule has 0 aromatic rings. The van der Waals surface area contributed by atoms with Gasteiger partial charge in [0, 0.05) is 19.1 Å². The molecule has 0 spiro atoms. The van der Waals surface area contributed by atoms with E-state index in [-0.39, 0.29) is 24.8 Å². The molecule has 2 atom stereocenters. The zero-order valence-corrected chi connectivity index (χ0v) is 8.96. The standard InChI is InChI=1S/C7H15N3O4S/c8-1-2-15(13,14)10-5-3-6(7(11)12)9-4-5/h5-6,9-10H,1-4,8H2,(H,11,12)/t5?,6-/m0/s1. The number of nitrogens with two attached hydrogens (primary N) is 1. The van der Waals surface area contributed by atoms with Crippen molar-refractivity contribution in [3.8, 4) is 0 Å². The van der Waals surface area contributed by atoms with Gasteiger partial charge in [-0.2, -0.15) is 0 Å². The minimum atomic E-state index is -3.37. The van der Waals surface area contributed by atoms with Gasteiger partial charge in [-0.05, 0) is 6.42 Å². The Labute approximate surface area is 88.1 Å². The van der Waals surface area contributed by atoms with Crippen molar-refractivity contribution in [3.05, 3.63) is 0 Å². The van der Waals surface area contributed by atoms with Crippen LogP contribution in [-0.2, 0) is 14.8 Å². The van der Waals surface area contributed by atoms with Crippen molar-refractivity contribution in [1.29, 1.82) is 0 Å². The van der Waals surface area contributed by atoms with E-state index in [4.69, 9.17) is 10.8 Å². The number of nitrogens with one attached hydrogen (secondary N) is 2. The SMILES string of the molecule is NCCS(=O)(=O)NC1CN[C@H](C(=O)O)C1. The molecule has 5 N–H and O–H groups in total. The van der Waals surface area contributed by atoms with Crippen molar-refractivity contribution < 1.29 is 18.3 Å². The molecular formula is C7H15N3O4S. The van der Waals surface area contributed by atoms with Crippen LogP contribution < -0.4 is 15.8 Å². The van der Waals surface area contributed by atoms with Gasteiger partial charge in [0.15, 0.2) is 0 Å². The van der Waals surface area contributed by atoms with Gasteiger partial charge in [-0.15, -0.1) is 0 Å². The molecule has 0 radical (unpaired) electrons. The number of hydrogen-bond acceptors (Lipinski definition) is 5. The van der Waals surface area contributed by atoms with Gasteiger partial charge in [-0.3, -0.25) is 4.79 Å². The Morgan fingerprint density at radius 1 is 1.60 bits per heavy atom. The van der Waals surface area contributed by atoms with Crippen LogP contribution in [0.25, 0.3) is 0 Å². The average molecular weight is 237 g/mol. The summed E-state index contributed by atoms with van der Waals surface area (Å²) >= 11 is 0. The van der Waals surface area contributed by atoms with E-state index in [1.54, 1.807) is 0 Å². The molecular weight excluding hydrogens is 222 g/mol. The van der Waals surface area contributed by atoms with E-state index >= 15 is 0 Å². The van der Waals surface area contributed by atoms with E-state index in [1.807, 2.05) is 0 Å². The van der Waals surface area contributed by atoms with Gasteiger partial charge in [0.2, 0.25) is 10.0 Å². The second-order valence-electron chi connectivity index (χ2n) is 3.46. The second-order valence-corrected chi connectivity index (χ2v) is 5.33. The van der Waals surface area contributed by atoms with Gasteiger partial charge in [-0.25, -0.2) is 13.1 Å². The summed E-state index contributed by atoms with van der Waals surface area (Å²) in [6.07, 6.45) is 0.263. The largest absolute Gasteiger partial charge is 0.480 e. The summed E-state index contributed by atoms with van der Waals surface area (Å²) in [6.45, 7) is 0.388. The third kappa shape index (κ3) is 3.74. The number of carboxylic acid groups (broad SMARTS) is 1. The van der Waals surface area contributed by atoms with Crippen LogP contribution in [0.15, 0.2) is 0 Å². The second kappa shape index (κ2) is 4.88. The Morgan fingerprint density at radius 2 is 2.27 bits per heavy atom. The maximum Gasteiger partial charge on any atom is 0.320 e. The van der Waals surface area contributed by atoms with E-state index in [2.05, 4.69) is 10.0 Å². The highest BCUT2D eigenvalue weighted by atomic mass is 32.2. The third-order valence-electron chi connectivity index (χ3n) is 2.16. The molecule has 0 aromatic heterocycles. The molecule has 1 fully saturated rings. The molecule has 0 aliphatic carbocycles. The summed E-state index contributed by atoms with van der Waals surface area (Å²) in [5, 5.41) is 11.4. The molecule has 0 saturated carbocycles. The zero-order chi connectivity index (χ0) is 11.5. The summed E-state index contributed by atoms with van der Waals surface area (Å²) in [7, 11) is -3.37.